The lowest BCUT2D eigenvalue weighted by Gasteiger charge is -2.58. The summed E-state index contributed by atoms with van der Waals surface area (Å²) in [4.78, 5) is 103. The fourth-order valence-corrected chi connectivity index (χ4v) is 14.5. The number of carbonyl (C=O) groups excluding carboxylic acids is 7. The highest BCUT2D eigenvalue weighted by Gasteiger charge is 2.65. The van der Waals surface area contributed by atoms with Crippen molar-refractivity contribution < 1.29 is 165 Å². The number of primary amides is 2. The van der Waals surface area contributed by atoms with Crippen molar-refractivity contribution in [3.05, 3.63) is 70.7 Å². The average molecular weight is 1620 g/mol. The first-order valence-corrected chi connectivity index (χ1v) is 38.2. The van der Waals surface area contributed by atoms with E-state index in [2.05, 4.69) is 81.5 Å². The first-order valence-electron chi connectivity index (χ1n) is 36.7. The zero-order chi connectivity index (χ0) is 83.2. The van der Waals surface area contributed by atoms with Crippen LogP contribution in [0.15, 0.2) is 70.7 Å². The zero-order valence-corrected chi connectivity index (χ0v) is 65.4. The molecule has 26 unspecified atom stereocenters. The molecule has 0 aromatic heterocycles. The Hall–Kier alpha value is -6.16. The summed E-state index contributed by atoms with van der Waals surface area (Å²) >= 11 is 0. The van der Waals surface area contributed by atoms with Crippen molar-refractivity contribution >= 4 is 49.3 Å². The third-order valence-corrected chi connectivity index (χ3v) is 21.0. The van der Waals surface area contributed by atoms with Crippen molar-refractivity contribution in [3.63, 3.8) is 0 Å². The third-order valence-electron chi connectivity index (χ3n) is 20.1. The molecule has 112 heavy (non-hydrogen) atoms. The van der Waals surface area contributed by atoms with E-state index in [-0.39, 0.29) is 24.9 Å². The summed E-state index contributed by atoms with van der Waals surface area (Å²) in [5.74, 6) is -7.97. The lowest BCUT2D eigenvalue weighted by atomic mass is 9.81. The van der Waals surface area contributed by atoms with Gasteiger partial charge in [-0.2, -0.15) is 0 Å². The van der Waals surface area contributed by atoms with Gasteiger partial charge in [-0.15, -0.1) is 0 Å². The van der Waals surface area contributed by atoms with Gasteiger partial charge in [0.05, 0.1) is 70.5 Å². The molecular weight excluding hydrogens is 1510 g/mol. The van der Waals surface area contributed by atoms with Crippen molar-refractivity contribution in [1.29, 1.82) is 0 Å². The van der Waals surface area contributed by atoms with E-state index in [0.29, 0.717) is 12.8 Å². The van der Waals surface area contributed by atoms with Gasteiger partial charge in [0.15, 0.2) is 74.0 Å². The molecule has 39 nitrogen and oxygen atoms in total. The number of phosphoric ester groups is 1. The van der Waals surface area contributed by atoms with E-state index in [0.717, 1.165) is 71.1 Å². The number of rotatable bonds is 38. The van der Waals surface area contributed by atoms with Crippen LogP contribution in [0.3, 0.4) is 0 Å². The van der Waals surface area contributed by atoms with Crippen LogP contribution in [0.5, 0.6) is 0 Å². The molecule has 0 saturated carbocycles. The van der Waals surface area contributed by atoms with Gasteiger partial charge in [-0.3, -0.25) is 33.0 Å². The van der Waals surface area contributed by atoms with Crippen molar-refractivity contribution in [3.8, 4) is 0 Å². The average Bonchev–Trinajstić information content (AvgIpc) is 0.862. The Kier molecular flexibility index (Phi) is 33.7. The van der Waals surface area contributed by atoms with Gasteiger partial charge in [0.2, 0.25) is 17.7 Å². The lowest BCUT2D eigenvalue weighted by Crippen LogP contribution is -2.75. The van der Waals surface area contributed by atoms with E-state index in [9.17, 15) is 94.1 Å². The maximum absolute atomic E-state index is 14.3. The van der Waals surface area contributed by atoms with E-state index >= 15 is 0 Å². The summed E-state index contributed by atoms with van der Waals surface area (Å²) in [6.45, 7) is 16.8. The number of ketones is 1. The van der Waals surface area contributed by atoms with Crippen LogP contribution in [0.25, 0.3) is 0 Å². The number of phosphoric acid groups is 1. The normalized spacial score (nSPS) is 36.0. The smallest absolute Gasteiger partial charge is 0.474 e. The van der Waals surface area contributed by atoms with Gasteiger partial charge in [-0.05, 0) is 91.9 Å². The van der Waals surface area contributed by atoms with Gasteiger partial charge in [0.1, 0.15) is 71.4 Å². The number of fused-ring (bicyclic) bond motifs is 1. The number of aliphatic hydroxyl groups excluding tert-OH is 8. The number of carbonyl (C=O) groups is 7. The highest BCUT2D eigenvalue weighted by molar-refractivity contribution is 7.47. The first kappa shape index (κ1) is 93.0. The standard InChI is InChI=1S/C72H112N5O34P/c1-33(2)16-15-18-34(3)19-20-36(5)23-26-70(9,10)25-14-13-17-35(4)24-27-98-45(62(91)97-12)31-100-112(95,96)111-67-57(58(109-69(74)92)71(11,93)59(108-67)60(73)89)107-65-49(76-39(8)81)55-46(44(102-65)30-99-68-72(94,32-79)28-42(84)43(29-78)103-68)63(105-55)110-64-48(75-38(7)80)50(85)54(37(6)101-64)104-66-53(88)51(86)52(87)56(106-66)61(90)77-47-40(82)21-22-41(47)83/h14,16,19,24-25,37,42-46,48-59,63-68,78-79,82,84-88,93-94H,5,13,15,17-18,20-23,26-32H2,1-4,6-12H3,(H2,73,89)(H2,74,92)(H,75,80)(H,76,81)(H,77,90)(H,95,96)/b25-14+,34-19+,35-24-/t37?,42?,43?,44?,45-,46?,48?,49?,50?,51?,52?,53?,54?,55?,56?,57?,58?,59?,63?,64?,65?,66?,67?,68?,71?,72?/m1/s1. The number of amides is 5. The fraction of sp³-hybridized carbons (Fsp3) is 0.736. The number of hydrogen-bond donors (Lipinski definition) is 16. The second-order valence-electron chi connectivity index (χ2n) is 30.2. The van der Waals surface area contributed by atoms with Gasteiger partial charge in [0.25, 0.3) is 5.91 Å². The van der Waals surface area contributed by atoms with Crippen LogP contribution in [-0.4, -0.2) is 290 Å². The fourth-order valence-electron chi connectivity index (χ4n) is 13.7. The van der Waals surface area contributed by atoms with E-state index in [4.69, 9.17) is 82.1 Å². The molecule has 6 heterocycles. The number of methoxy groups -OCH3 is 1. The molecule has 0 spiro atoms. The summed E-state index contributed by atoms with van der Waals surface area (Å²) in [7, 11) is -4.75. The predicted molar refractivity (Wildman–Crippen MR) is 383 cm³/mol. The molecule has 6 saturated heterocycles. The molecular formula is C72H112N5O34P. The second-order valence-corrected chi connectivity index (χ2v) is 31.6. The predicted octanol–water partition coefficient (Wildman–Crippen LogP) is -0.936. The summed E-state index contributed by atoms with van der Waals surface area (Å²) in [5, 5.41) is 117. The number of nitrogens with two attached hydrogens (primary N) is 2. The van der Waals surface area contributed by atoms with Crippen molar-refractivity contribution in [2.75, 3.05) is 40.1 Å². The van der Waals surface area contributed by atoms with Gasteiger partial charge in [-0.1, -0.05) is 73.1 Å². The molecule has 18 N–H and O–H groups in total. The Labute approximate surface area is 647 Å². The van der Waals surface area contributed by atoms with Crippen LogP contribution in [0.1, 0.15) is 133 Å². The summed E-state index contributed by atoms with van der Waals surface area (Å²) in [5.41, 5.74) is 9.97. The molecule has 0 aromatic rings. The molecule has 5 amide bonds. The van der Waals surface area contributed by atoms with Crippen LogP contribution < -0.4 is 27.4 Å². The highest BCUT2D eigenvalue weighted by Crippen LogP contribution is 2.50. The molecule has 0 radical (unpaired) electrons. The Bertz CT molecular complexity index is 3500. The molecule has 634 valence electrons. The number of ether oxygens (including phenoxy) is 13. The van der Waals surface area contributed by atoms with E-state index in [1.807, 2.05) is 6.92 Å². The molecule has 0 bridgehead atoms. The van der Waals surface area contributed by atoms with Crippen LogP contribution >= 0.6 is 7.82 Å². The largest absolute Gasteiger partial charge is 0.510 e. The van der Waals surface area contributed by atoms with Crippen LogP contribution in [0.2, 0.25) is 0 Å². The van der Waals surface area contributed by atoms with Crippen LogP contribution in [0, 0.1) is 11.3 Å². The number of hydrogen-bond acceptors (Lipinski definition) is 33. The number of aliphatic hydroxyl groups is 10. The minimum Gasteiger partial charge on any atom is -0.510 e. The number of nitrogens with one attached hydrogen (secondary N) is 3. The minimum absolute atomic E-state index is 0.104. The topological polar surface area (TPSA) is 586 Å². The monoisotopic (exact) mass is 1620 g/mol. The molecule has 1 aliphatic carbocycles. The maximum Gasteiger partial charge on any atom is 0.474 e. The summed E-state index contributed by atoms with van der Waals surface area (Å²) < 4.78 is 102. The Balaban J connectivity index is 1.11. The van der Waals surface area contributed by atoms with Gasteiger partial charge < -0.3 is 145 Å². The van der Waals surface area contributed by atoms with Crippen LogP contribution in [-0.2, 0) is 104 Å². The molecule has 7 rings (SSSR count). The van der Waals surface area contributed by atoms with Crippen molar-refractivity contribution in [2.45, 2.75) is 286 Å². The highest BCUT2D eigenvalue weighted by atomic mass is 31.2. The SMILES string of the molecule is C=C(C/C=C(\C)CCC=C(C)C)CCC(C)(C)/C=C/CC/C(C)=C\CO[C@H](COP(=O)(O)OC1OC(C(N)=O)C(C)(O)C(OC(N)=O)C1OC1OC(COC2OC(CO)C(O)CC2(O)CO)C2C(OC3OC(C)C(OC4OC(C(=O)NC5=C(O)CCC5=O)C(O)C(O)C4O)C(O)C3NC(C)=O)OC2C1NC(C)=O)C(=O)OC. The summed E-state index contributed by atoms with van der Waals surface area (Å²) in [6.07, 6.45) is -27.2. The Morgan fingerprint density at radius 2 is 1.42 bits per heavy atom. The minimum atomic E-state index is -5.75. The molecule has 6 fully saturated rings. The van der Waals surface area contributed by atoms with Crippen molar-refractivity contribution in [2.24, 2.45) is 22.8 Å². The molecule has 7 aliphatic rings. The lowest BCUT2D eigenvalue weighted by molar-refractivity contribution is -0.431. The number of esters is 1. The maximum atomic E-state index is 14.3. The zero-order valence-electron chi connectivity index (χ0n) is 64.5. The Morgan fingerprint density at radius 3 is 2.04 bits per heavy atom. The first-order chi connectivity index (χ1) is 52.4. The Morgan fingerprint density at radius 1 is 0.768 bits per heavy atom. The number of allylic oxidation sites excluding steroid dienone is 10. The van der Waals surface area contributed by atoms with E-state index in [1.54, 1.807) is 6.08 Å². The quantitative estimate of drug-likeness (QED) is 0.0202. The molecule has 40 heteroatoms. The van der Waals surface area contributed by atoms with Crippen molar-refractivity contribution in [1.82, 2.24) is 16.0 Å². The second kappa shape index (κ2) is 40.6. The van der Waals surface area contributed by atoms with Crippen LogP contribution in [0.4, 0.5) is 4.79 Å². The van der Waals surface area contributed by atoms with E-state index < -0.39 is 252 Å². The molecule has 27 atom stereocenters. The van der Waals surface area contributed by atoms with E-state index in [1.165, 1.54) is 18.1 Å². The molecule has 0 aromatic carbocycles. The summed E-state index contributed by atoms with van der Waals surface area (Å²) in [6, 6.07) is -3.40. The van der Waals surface area contributed by atoms with Gasteiger partial charge >= 0.3 is 19.9 Å². The number of Topliss-reactive ketones (excluding diaryl/α,β-unsaturated/α-hetero) is 1. The van der Waals surface area contributed by atoms with Gasteiger partial charge in [0, 0.05) is 33.1 Å². The third kappa shape index (κ3) is 24.5. The van der Waals surface area contributed by atoms with Gasteiger partial charge in [-0.25, -0.2) is 14.2 Å². The molecule has 6 aliphatic heterocycles.